The molecule has 0 unspecified atom stereocenters. The van der Waals surface area contributed by atoms with Gasteiger partial charge in [0.2, 0.25) is 0 Å². The second kappa shape index (κ2) is 12.4. The number of phenols is 1. The first kappa shape index (κ1) is 24.9. The number of nitrogens with one attached hydrogen (secondary N) is 2. The number of aromatic hydroxyl groups is 1. The highest BCUT2D eigenvalue weighted by Gasteiger charge is 2.08. The predicted molar refractivity (Wildman–Crippen MR) is 129 cm³/mol. The molecule has 0 aliphatic heterocycles. The summed E-state index contributed by atoms with van der Waals surface area (Å²) in [5, 5.41) is 16.6. The molecule has 7 heteroatoms. The van der Waals surface area contributed by atoms with Gasteiger partial charge in [-0.15, -0.1) is 24.0 Å². The zero-order valence-corrected chi connectivity index (χ0v) is 20.1. The van der Waals surface area contributed by atoms with Gasteiger partial charge in [0.05, 0.1) is 13.2 Å². The van der Waals surface area contributed by atoms with Gasteiger partial charge >= 0.3 is 0 Å². The third kappa shape index (κ3) is 8.00. The Morgan fingerprint density at radius 2 is 1.83 bits per heavy atom. The van der Waals surface area contributed by atoms with Gasteiger partial charge in [0.1, 0.15) is 17.2 Å². The summed E-state index contributed by atoms with van der Waals surface area (Å²) in [6, 6.07) is 11.5. The van der Waals surface area contributed by atoms with Crippen molar-refractivity contribution >= 4 is 29.9 Å². The Morgan fingerprint density at radius 3 is 2.45 bits per heavy atom. The molecule has 0 aromatic heterocycles. The molecule has 2 aromatic rings. The summed E-state index contributed by atoms with van der Waals surface area (Å²) in [5.41, 5.74) is 3.10. The van der Waals surface area contributed by atoms with Gasteiger partial charge in [-0.3, -0.25) is 4.99 Å². The maximum atomic E-state index is 10.1. The number of phenolic OH excluding ortho intramolecular Hbond substituents is 1. The van der Waals surface area contributed by atoms with E-state index in [4.69, 9.17) is 9.47 Å². The molecule has 6 nitrogen and oxygen atoms in total. The zero-order valence-electron chi connectivity index (χ0n) is 17.8. The molecule has 0 amide bonds. The average Bonchev–Trinajstić information content (AvgIpc) is 2.66. The van der Waals surface area contributed by atoms with Crippen LogP contribution >= 0.6 is 24.0 Å². The maximum Gasteiger partial charge on any atom is 0.191 e. The van der Waals surface area contributed by atoms with Crippen molar-refractivity contribution in [2.24, 2.45) is 4.99 Å². The second-order valence-corrected chi connectivity index (χ2v) is 6.87. The van der Waals surface area contributed by atoms with Crippen molar-refractivity contribution in [1.82, 2.24) is 10.6 Å². The fourth-order valence-corrected chi connectivity index (χ4v) is 2.77. The molecule has 0 spiro atoms. The van der Waals surface area contributed by atoms with Crippen molar-refractivity contribution < 1.29 is 14.6 Å². The van der Waals surface area contributed by atoms with Crippen molar-refractivity contribution in [3.63, 3.8) is 0 Å². The van der Waals surface area contributed by atoms with E-state index >= 15 is 0 Å². The van der Waals surface area contributed by atoms with E-state index in [1.807, 2.05) is 26.0 Å². The average molecular weight is 513 g/mol. The quantitative estimate of drug-likeness (QED) is 0.283. The molecule has 0 aliphatic rings. The monoisotopic (exact) mass is 513 g/mol. The molecule has 0 radical (unpaired) electrons. The van der Waals surface area contributed by atoms with Crippen LogP contribution in [-0.2, 0) is 13.0 Å². The van der Waals surface area contributed by atoms with Crippen molar-refractivity contribution in [1.29, 1.82) is 0 Å². The molecule has 0 saturated heterocycles. The molecular weight excluding hydrogens is 481 g/mol. The van der Waals surface area contributed by atoms with Gasteiger partial charge in [0.25, 0.3) is 0 Å². The Morgan fingerprint density at radius 1 is 1.10 bits per heavy atom. The summed E-state index contributed by atoms with van der Waals surface area (Å²) in [5.74, 6) is 2.47. The molecule has 0 bridgehead atoms. The Labute approximate surface area is 190 Å². The van der Waals surface area contributed by atoms with Crippen LogP contribution in [0.25, 0.3) is 0 Å². The number of hydrogen-bond acceptors (Lipinski definition) is 4. The molecule has 3 N–H and O–H groups in total. The number of guanidine groups is 1. The lowest BCUT2D eigenvalue weighted by Gasteiger charge is -2.17. The van der Waals surface area contributed by atoms with E-state index in [0.29, 0.717) is 31.2 Å². The first-order valence-corrected chi connectivity index (χ1v) is 9.49. The van der Waals surface area contributed by atoms with Gasteiger partial charge in [0.15, 0.2) is 5.96 Å². The van der Waals surface area contributed by atoms with E-state index < -0.39 is 0 Å². The molecule has 160 valence electrons. The van der Waals surface area contributed by atoms with E-state index in [2.05, 4.69) is 40.7 Å². The van der Waals surface area contributed by atoms with Crippen LogP contribution in [0.1, 0.15) is 30.5 Å². The van der Waals surface area contributed by atoms with Gasteiger partial charge in [-0.2, -0.15) is 0 Å². The molecule has 0 atom stereocenters. The van der Waals surface area contributed by atoms with Crippen molar-refractivity contribution in [3.05, 3.63) is 53.1 Å². The number of rotatable bonds is 8. The van der Waals surface area contributed by atoms with Crippen LogP contribution in [0.3, 0.4) is 0 Å². The van der Waals surface area contributed by atoms with Gasteiger partial charge in [-0.1, -0.05) is 18.2 Å². The highest BCUT2D eigenvalue weighted by molar-refractivity contribution is 14.0. The minimum Gasteiger partial charge on any atom is -0.508 e. The van der Waals surface area contributed by atoms with Crippen LogP contribution in [0.5, 0.6) is 17.2 Å². The summed E-state index contributed by atoms with van der Waals surface area (Å²) in [4.78, 5) is 4.26. The van der Waals surface area contributed by atoms with Crippen molar-refractivity contribution in [2.75, 3.05) is 20.7 Å². The number of halogens is 1. The second-order valence-electron chi connectivity index (χ2n) is 6.87. The zero-order chi connectivity index (χ0) is 20.5. The van der Waals surface area contributed by atoms with Crippen molar-refractivity contribution in [3.8, 4) is 17.2 Å². The molecule has 0 aliphatic carbocycles. The minimum absolute atomic E-state index is 0. The van der Waals surface area contributed by atoms with Gasteiger partial charge in [0, 0.05) is 31.8 Å². The highest BCUT2D eigenvalue weighted by Crippen LogP contribution is 2.23. The molecule has 0 heterocycles. The lowest BCUT2D eigenvalue weighted by atomic mass is 10.1. The number of hydrogen-bond donors (Lipinski definition) is 3. The maximum absolute atomic E-state index is 10.1. The number of benzene rings is 2. The molecule has 2 aromatic carbocycles. The molecule has 0 saturated carbocycles. The minimum atomic E-state index is 0. The predicted octanol–water partition coefficient (Wildman–Crippen LogP) is 4.02. The van der Waals surface area contributed by atoms with Crippen LogP contribution in [0.4, 0.5) is 0 Å². The molecule has 29 heavy (non-hydrogen) atoms. The molecule has 0 fully saturated rings. The van der Waals surface area contributed by atoms with Crippen LogP contribution in [-0.4, -0.2) is 37.9 Å². The van der Waals surface area contributed by atoms with E-state index in [1.54, 1.807) is 20.2 Å². The van der Waals surface area contributed by atoms with E-state index in [-0.39, 0.29) is 35.8 Å². The largest absolute Gasteiger partial charge is 0.508 e. The molecule has 2 rings (SSSR count). The van der Waals surface area contributed by atoms with Gasteiger partial charge < -0.3 is 25.2 Å². The first-order valence-electron chi connectivity index (χ1n) is 9.49. The Hall–Kier alpha value is -2.16. The first-order chi connectivity index (χ1) is 13.4. The van der Waals surface area contributed by atoms with Crippen LogP contribution < -0.4 is 20.1 Å². The third-order valence-electron chi connectivity index (χ3n) is 4.23. The van der Waals surface area contributed by atoms with Gasteiger partial charge in [-0.25, -0.2) is 0 Å². The topological polar surface area (TPSA) is 75.1 Å². The number of ether oxygens (including phenoxy) is 2. The summed E-state index contributed by atoms with van der Waals surface area (Å²) in [6.07, 6.45) is 0.790. The molecular formula is C22H32IN3O3. The summed E-state index contributed by atoms with van der Waals surface area (Å²) in [6.45, 7) is 7.35. The summed E-state index contributed by atoms with van der Waals surface area (Å²) < 4.78 is 11.0. The number of aliphatic imine (C=N–C) groups is 1. The number of aryl methyl sites for hydroxylation is 1. The summed E-state index contributed by atoms with van der Waals surface area (Å²) in [7, 11) is 3.32. The third-order valence-corrected chi connectivity index (χ3v) is 4.23. The number of methoxy groups -OCH3 is 1. The van der Waals surface area contributed by atoms with E-state index in [0.717, 1.165) is 16.9 Å². The highest BCUT2D eigenvalue weighted by atomic mass is 127. The normalized spacial score (nSPS) is 11.0. The fraction of sp³-hybridized carbons (Fsp3) is 0.409. The standard InChI is InChI=1S/C22H31N3O3.HI/c1-15(2)28-21-12-16(3)6-7-18(21)14-25-22(23-4)24-11-10-17-8-9-19(27-5)13-20(17)26;/h6-9,12-13,15,26H,10-11,14H2,1-5H3,(H2,23,24,25);1H. The van der Waals surface area contributed by atoms with Crippen LogP contribution in [0, 0.1) is 6.92 Å². The summed E-state index contributed by atoms with van der Waals surface area (Å²) >= 11 is 0. The Balaban J connectivity index is 0.00000420. The Kier molecular flexibility index (Phi) is 10.6. The SMILES string of the molecule is CN=C(NCCc1ccc(OC)cc1O)NCc1ccc(C)cc1OC(C)C.I. The lowest BCUT2D eigenvalue weighted by molar-refractivity contribution is 0.239. The van der Waals surface area contributed by atoms with Crippen LogP contribution in [0.2, 0.25) is 0 Å². The van der Waals surface area contributed by atoms with E-state index in [1.165, 1.54) is 5.56 Å². The fourth-order valence-electron chi connectivity index (χ4n) is 2.77. The van der Waals surface area contributed by atoms with E-state index in [9.17, 15) is 5.11 Å². The smallest absolute Gasteiger partial charge is 0.191 e. The number of nitrogens with zero attached hydrogens (tertiary/aromatic N) is 1. The van der Waals surface area contributed by atoms with Gasteiger partial charge in [-0.05, 0) is 50.5 Å². The lowest BCUT2D eigenvalue weighted by Crippen LogP contribution is -2.38. The van der Waals surface area contributed by atoms with Crippen LogP contribution in [0.15, 0.2) is 41.4 Å². The van der Waals surface area contributed by atoms with Crippen molar-refractivity contribution in [2.45, 2.75) is 39.8 Å². The Bertz CT molecular complexity index is 810.